The first-order chi connectivity index (χ1) is 21.5. The SMILES string of the molecule is CN(c1ccccc1)S(=O)(=O)N(C)C1CCN(C#N)C1.N#CN1CC[C@@H](N2Cc3cc(-c4ccccc4)ccc3NS2(=O)=O)C1. The molecule has 14 heteroatoms. The minimum absolute atomic E-state index is 0.161. The molecule has 0 aliphatic carbocycles. The average Bonchev–Trinajstić information content (AvgIpc) is 3.74. The van der Waals surface area contributed by atoms with Crippen LogP contribution in [0.15, 0.2) is 78.9 Å². The number of likely N-dealkylation sites (tertiary alicyclic amines) is 2. The van der Waals surface area contributed by atoms with Gasteiger partial charge in [0.2, 0.25) is 0 Å². The minimum Gasteiger partial charge on any atom is -0.309 e. The summed E-state index contributed by atoms with van der Waals surface area (Å²) in [5.74, 6) is 0. The van der Waals surface area contributed by atoms with Gasteiger partial charge in [-0.3, -0.25) is 9.03 Å². The van der Waals surface area contributed by atoms with Crippen molar-refractivity contribution >= 4 is 31.8 Å². The van der Waals surface area contributed by atoms with Crippen LogP contribution in [0, 0.1) is 22.9 Å². The van der Waals surface area contributed by atoms with Crippen LogP contribution in [-0.4, -0.2) is 87.6 Å². The number of nitriles is 2. The maximum atomic E-state index is 12.6. The Balaban J connectivity index is 0.000000183. The molecule has 3 aromatic rings. The third-order valence-electron chi connectivity index (χ3n) is 8.45. The Morgan fingerprint density at radius 3 is 2.09 bits per heavy atom. The van der Waals surface area contributed by atoms with E-state index in [-0.39, 0.29) is 12.1 Å². The van der Waals surface area contributed by atoms with E-state index < -0.39 is 20.4 Å². The second-order valence-electron chi connectivity index (χ2n) is 11.2. The number of rotatable bonds is 6. The average molecular weight is 649 g/mol. The van der Waals surface area contributed by atoms with Crippen molar-refractivity contribution in [3.05, 3.63) is 84.4 Å². The predicted octanol–water partition coefficient (Wildman–Crippen LogP) is 3.24. The second kappa shape index (κ2) is 13.3. The molecule has 0 saturated carbocycles. The van der Waals surface area contributed by atoms with Gasteiger partial charge in [0, 0.05) is 58.9 Å². The molecule has 1 unspecified atom stereocenters. The first-order valence-corrected chi connectivity index (χ1v) is 17.4. The van der Waals surface area contributed by atoms with Gasteiger partial charge >= 0.3 is 20.4 Å². The Hall–Kier alpha value is -4.34. The van der Waals surface area contributed by atoms with E-state index in [1.54, 1.807) is 41.1 Å². The van der Waals surface area contributed by atoms with Crippen molar-refractivity contribution < 1.29 is 16.8 Å². The van der Waals surface area contributed by atoms with Crippen LogP contribution in [0.4, 0.5) is 11.4 Å². The lowest BCUT2D eigenvalue weighted by Crippen LogP contribution is -2.46. The molecule has 3 aromatic carbocycles. The molecular formula is C31H36N8O4S2. The van der Waals surface area contributed by atoms with Crippen molar-refractivity contribution in [3.63, 3.8) is 0 Å². The largest absolute Gasteiger partial charge is 0.309 e. The molecule has 0 aromatic heterocycles. The van der Waals surface area contributed by atoms with Gasteiger partial charge in [0.1, 0.15) is 0 Å². The molecule has 2 atom stereocenters. The molecule has 0 bridgehead atoms. The molecule has 0 amide bonds. The zero-order valence-electron chi connectivity index (χ0n) is 25.2. The van der Waals surface area contributed by atoms with Crippen LogP contribution >= 0.6 is 0 Å². The molecule has 2 saturated heterocycles. The summed E-state index contributed by atoms with van der Waals surface area (Å²) >= 11 is 0. The van der Waals surface area contributed by atoms with E-state index in [1.165, 1.54) is 20.0 Å². The highest BCUT2D eigenvalue weighted by Crippen LogP contribution is 2.33. The maximum Gasteiger partial charge on any atom is 0.303 e. The molecule has 45 heavy (non-hydrogen) atoms. The monoisotopic (exact) mass is 648 g/mol. The first kappa shape index (κ1) is 32.1. The Bertz CT molecular complexity index is 1790. The smallest absolute Gasteiger partial charge is 0.303 e. The van der Waals surface area contributed by atoms with Gasteiger partial charge in [-0.05, 0) is 53.8 Å². The van der Waals surface area contributed by atoms with E-state index in [0.29, 0.717) is 56.9 Å². The fourth-order valence-corrected chi connectivity index (χ4v) is 8.55. The zero-order valence-corrected chi connectivity index (χ0v) is 26.8. The van der Waals surface area contributed by atoms with E-state index in [2.05, 4.69) is 17.1 Å². The third-order valence-corrected chi connectivity index (χ3v) is 11.9. The fourth-order valence-electron chi connectivity index (χ4n) is 5.76. The Morgan fingerprint density at radius 1 is 0.844 bits per heavy atom. The van der Waals surface area contributed by atoms with Gasteiger partial charge in [-0.1, -0.05) is 54.6 Å². The van der Waals surface area contributed by atoms with Crippen LogP contribution in [0.1, 0.15) is 18.4 Å². The van der Waals surface area contributed by atoms with Crippen LogP contribution in [0.3, 0.4) is 0 Å². The quantitative estimate of drug-likeness (QED) is 0.402. The number of hydrogen-bond acceptors (Lipinski definition) is 8. The van der Waals surface area contributed by atoms with Crippen molar-refractivity contribution in [2.45, 2.75) is 31.5 Å². The van der Waals surface area contributed by atoms with Crippen molar-refractivity contribution in [1.82, 2.24) is 18.4 Å². The summed E-state index contributed by atoms with van der Waals surface area (Å²) in [6.45, 7) is 2.44. The number of fused-ring (bicyclic) bond motifs is 1. The summed E-state index contributed by atoms with van der Waals surface area (Å²) in [6, 6.07) is 24.4. The molecule has 1 N–H and O–H groups in total. The van der Waals surface area contributed by atoms with Gasteiger partial charge in [-0.2, -0.15) is 36.0 Å². The number of likely N-dealkylation sites (N-methyl/N-ethyl adjacent to an activating group) is 1. The molecule has 0 radical (unpaired) electrons. The van der Waals surface area contributed by atoms with Gasteiger partial charge < -0.3 is 9.80 Å². The summed E-state index contributed by atoms with van der Waals surface area (Å²) in [5, 5.41) is 17.9. The highest BCUT2D eigenvalue weighted by atomic mass is 32.2. The third kappa shape index (κ3) is 7.00. The highest BCUT2D eigenvalue weighted by molar-refractivity contribution is 7.90. The van der Waals surface area contributed by atoms with Crippen LogP contribution in [0.25, 0.3) is 11.1 Å². The van der Waals surface area contributed by atoms with Gasteiger partial charge in [-0.15, -0.1) is 0 Å². The molecule has 12 nitrogen and oxygen atoms in total. The topological polar surface area (TPSA) is 144 Å². The Morgan fingerprint density at radius 2 is 1.47 bits per heavy atom. The van der Waals surface area contributed by atoms with Crippen molar-refractivity contribution in [2.75, 3.05) is 49.3 Å². The molecule has 6 rings (SSSR count). The van der Waals surface area contributed by atoms with E-state index in [1.807, 2.05) is 54.6 Å². The normalized spacial score (nSPS) is 20.7. The van der Waals surface area contributed by atoms with Gasteiger partial charge in [0.25, 0.3) is 0 Å². The lowest BCUT2D eigenvalue weighted by molar-refractivity contribution is 0.313. The van der Waals surface area contributed by atoms with Crippen LogP contribution in [-0.2, 0) is 27.0 Å². The number of para-hydroxylation sites is 1. The second-order valence-corrected chi connectivity index (χ2v) is 14.8. The first-order valence-electron chi connectivity index (χ1n) is 14.6. The summed E-state index contributed by atoms with van der Waals surface area (Å²) in [4.78, 5) is 3.19. The molecular weight excluding hydrogens is 613 g/mol. The van der Waals surface area contributed by atoms with E-state index in [0.717, 1.165) is 16.7 Å². The Kier molecular flexibility index (Phi) is 9.51. The molecule has 3 aliphatic rings. The lowest BCUT2D eigenvalue weighted by atomic mass is 10.0. The summed E-state index contributed by atoms with van der Waals surface area (Å²) in [7, 11) is -4.05. The van der Waals surface area contributed by atoms with E-state index >= 15 is 0 Å². The summed E-state index contributed by atoms with van der Waals surface area (Å²) < 4.78 is 57.1. The van der Waals surface area contributed by atoms with Gasteiger partial charge in [0.05, 0.1) is 11.4 Å². The maximum absolute atomic E-state index is 12.6. The van der Waals surface area contributed by atoms with Gasteiger partial charge in [0.15, 0.2) is 12.4 Å². The number of hydrogen-bond donors (Lipinski definition) is 1. The molecule has 236 valence electrons. The lowest BCUT2D eigenvalue weighted by Gasteiger charge is -2.33. The molecule has 2 fully saturated rings. The van der Waals surface area contributed by atoms with Crippen LogP contribution < -0.4 is 9.03 Å². The number of nitrogens with zero attached hydrogens (tertiary/aromatic N) is 7. The molecule has 0 spiro atoms. The standard InChI is InChI=1S/C18H18N4O2S.C13H18N4O2S/c19-13-21-9-8-17(12-21)22-11-16-10-15(14-4-2-1-3-5-14)6-7-18(16)20-25(22,23)24;1-15(12-6-4-3-5-7-12)20(18,19)16(2)13-8-9-17(10-13)11-14/h1-7,10,17,20H,8-9,11-12H2;3-7,13H,8-10H2,1-2H3/t17-;/m1./s1. The number of nitrogens with one attached hydrogen (secondary N) is 1. The summed E-state index contributed by atoms with van der Waals surface area (Å²) in [6.07, 6.45) is 5.50. The van der Waals surface area contributed by atoms with Crippen LogP contribution in [0.2, 0.25) is 0 Å². The predicted molar refractivity (Wildman–Crippen MR) is 173 cm³/mol. The van der Waals surface area contributed by atoms with Gasteiger partial charge in [-0.25, -0.2) is 0 Å². The highest BCUT2D eigenvalue weighted by Gasteiger charge is 2.38. The Labute approximate surface area is 265 Å². The van der Waals surface area contributed by atoms with E-state index in [4.69, 9.17) is 10.5 Å². The summed E-state index contributed by atoms with van der Waals surface area (Å²) in [5.41, 5.74) is 4.36. The minimum atomic E-state index is -3.58. The van der Waals surface area contributed by atoms with Crippen molar-refractivity contribution in [2.24, 2.45) is 0 Å². The van der Waals surface area contributed by atoms with Crippen molar-refractivity contribution in [1.29, 1.82) is 10.5 Å². The number of benzene rings is 3. The van der Waals surface area contributed by atoms with Crippen LogP contribution in [0.5, 0.6) is 0 Å². The van der Waals surface area contributed by atoms with E-state index in [9.17, 15) is 16.8 Å². The fraction of sp³-hybridized carbons (Fsp3) is 0.355. The van der Waals surface area contributed by atoms with Crippen molar-refractivity contribution in [3.8, 4) is 23.5 Å². The molecule has 3 aliphatic heterocycles. The molecule has 3 heterocycles. The zero-order chi connectivity index (χ0) is 32.2. The number of anilines is 2.